The maximum atomic E-state index is 5.61. The predicted octanol–water partition coefficient (Wildman–Crippen LogP) is 5.15. The van der Waals surface area contributed by atoms with Crippen molar-refractivity contribution in [2.24, 2.45) is 0 Å². The molecular formula is C20H18N2S. The summed E-state index contributed by atoms with van der Waals surface area (Å²) < 4.78 is 3.07. The van der Waals surface area contributed by atoms with Crippen LogP contribution >= 0.6 is 12.2 Å². The van der Waals surface area contributed by atoms with E-state index in [1.54, 1.807) is 0 Å². The molecule has 2 aromatic carbocycles. The van der Waals surface area contributed by atoms with Crippen LogP contribution in [-0.4, -0.2) is 9.55 Å². The van der Waals surface area contributed by atoms with Gasteiger partial charge in [0.25, 0.3) is 0 Å². The number of aromatic nitrogens is 2. The summed E-state index contributed by atoms with van der Waals surface area (Å²) in [6, 6.07) is 20.8. The zero-order chi connectivity index (χ0) is 15.6. The summed E-state index contributed by atoms with van der Waals surface area (Å²) in [6.07, 6.45) is 4.53. The number of hydrogen-bond donors (Lipinski definition) is 0. The molecule has 3 aromatic rings. The Bertz CT molecular complexity index is 883. The molecule has 114 valence electrons. The Balaban J connectivity index is 2.06. The van der Waals surface area contributed by atoms with E-state index in [0.717, 1.165) is 34.6 Å². The molecule has 1 aromatic heterocycles. The lowest BCUT2D eigenvalue weighted by atomic mass is 9.96. The molecule has 0 N–H and O–H groups in total. The average molecular weight is 318 g/mol. The SMILES string of the molecule is S=c1nc(-c2ccccc2)n(-c2ccccc2)c2c1CCCC2. The largest absolute Gasteiger partial charge is 0.298 e. The van der Waals surface area contributed by atoms with Crippen molar-refractivity contribution in [3.63, 3.8) is 0 Å². The molecule has 0 atom stereocenters. The molecule has 0 radical (unpaired) electrons. The fourth-order valence-corrected chi connectivity index (χ4v) is 3.65. The average Bonchev–Trinajstić information content (AvgIpc) is 2.63. The highest BCUT2D eigenvalue weighted by Gasteiger charge is 2.19. The molecule has 1 aliphatic rings. The lowest BCUT2D eigenvalue weighted by molar-refractivity contribution is 0.642. The first-order chi connectivity index (χ1) is 11.3. The van der Waals surface area contributed by atoms with Crippen molar-refractivity contribution in [1.29, 1.82) is 0 Å². The highest BCUT2D eigenvalue weighted by Crippen LogP contribution is 2.30. The first kappa shape index (κ1) is 14.3. The van der Waals surface area contributed by atoms with Gasteiger partial charge in [0.1, 0.15) is 10.5 Å². The van der Waals surface area contributed by atoms with Crippen molar-refractivity contribution < 1.29 is 0 Å². The minimum absolute atomic E-state index is 0.769. The van der Waals surface area contributed by atoms with Gasteiger partial charge in [-0.15, -0.1) is 0 Å². The molecule has 0 unspecified atom stereocenters. The molecular weight excluding hydrogens is 300 g/mol. The highest BCUT2D eigenvalue weighted by atomic mass is 32.1. The van der Waals surface area contributed by atoms with Gasteiger partial charge < -0.3 is 0 Å². The minimum Gasteiger partial charge on any atom is -0.298 e. The molecule has 1 aliphatic carbocycles. The third kappa shape index (κ3) is 2.62. The van der Waals surface area contributed by atoms with Crippen molar-refractivity contribution >= 4 is 12.2 Å². The number of benzene rings is 2. The van der Waals surface area contributed by atoms with Crippen molar-refractivity contribution in [1.82, 2.24) is 9.55 Å². The van der Waals surface area contributed by atoms with Crippen LogP contribution in [-0.2, 0) is 12.8 Å². The summed E-state index contributed by atoms with van der Waals surface area (Å²) in [5.74, 6) is 0.947. The third-order valence-electron chi connectivity index (χ3n) is 4.43. The van der Waals surface area contributed by atoms with Crippen LogP contribution < -0.4 is 0 Å². The van der Waals surface area contributed by atoms with Crippen molar-refractivity contribution in [2.45, 2.75) is 25.7 Å². The van der Waals surface area contributed by atoms with Crippen molar-refractivity contribution in [3.05, 3.63) is 76.6 Å². The predicted molar refractivity (Wildman–Crippen MR) is 96.5 cm³/mol. The van der Waals surface area contributed by atoms with E-state index in [1.165, 1.54) is 24.1 Å². The summed E-state index contributed by atoms with van der Waals surface area (Å²) >= 11 is 5.61. The van der Waals surface area contributed by atoms with Crippen LogP contribution in [0.5, 0.6) is 0 Å². The number of hydrogen-bond acceptors (Lipinski definition) is 2. The summed E-state index contributed by atoms with van der Waals surface area (Å²) in [6.45, 7) is 0. The topological polar surface area (TPSA) is 17.8 Å². The van der Waals surface area contributed by atoms with Crippen LogP contribution in [0.4, 0.5) is 0 Å². The van der Waals surface area contributed by atoms with E-state index in [0.29, 0.717) is 0 Å². The molecule has 4 rings (SSSR count). The number of nitrogens with zero attached hydrogens (tertiary/aromatic N) is 2. The van der Waals surface area contributed by atoms with Gasteiger partial charge in [0.05, 0.1) is 0 Å². The maximum Gasteiger partial charge on any atom is 0.146 e. The molecule has 23 heavy (non-hydrogen) atoms. The van der Waals surface area contributed by atoms with Crippen molar-refractivity contribution in [3.8, 4) is 17.1 Å². The van der Waals surface area contributed by atoms with Gasteiger partial charge >= 0.3 is 0 Å². The normalized spacial score (nSPS) is 13.6. The zero-order valence-electron chi connectivity index (χ0n) is 12.9. The second-order valence-corrected chi connectivity index (χ2v) is 6.30. The molecule has 3 heteroatoms. The molecule has 0 aliphatic heterocycles. The van der Waals surface area contributed by atoms with Crippen LogP contribution in [0.1, 0.15) is 24.1 Å². The van der Waals surface area contributed by atoms with Gasteiger partial charge in [-0.25, -0.2) is 4.98 Å². The maximum absolute atomic E-state index is 5.61. The van der Waals surface area contributed by atoms with Crippen molar-refractivity contribution in [2.75, 3.05) is 0 Å². The first-order valence-electron chi connectivity index (χ1n) is 8.10. The van der Waals surface area contributed by atoms with Gasteiger partial charge in [0.2, 0.25) is 0 Å². The molecule has 0 amide bonds. The Morgan fingerprint density at radius 3 is 2.22 bits per heavy atom. The highest BCUT2D eigenvalue weighted by molar-refractivity contribution is 7.71. The van der Waals surface area contributed by atoms with Gasteiger partial charge in [-0.1, -0.05) is 60.7 Å². The van der Waals surface area contributed by atoms with E-state index in [2.05, 4.69) is 53.1 Å². The molecule has 0 saturated heterocycles. The summed E-state index contributed by atoms with van der Waals surface area (Å²) in [5.41, 5.74) is 4.86. The quantitative estimate of drug-likeness (QED) is 0.608. The van der Waals surface area contributed by atoms with E-state index < -0.39 is 0 Å². The first-order valence-corrected chi connectivity index (χ1v) is 8.51. The standard InChI is InChI=1S/C20H18N2S/c23-20-17-13-7-8-14-18(17)22(16-11-5-2-6-12-16)19(21-20)15-9-3-1-4-10-15/h1-6,9-12H,7-8,13-14H2. The molecule has 0 bridgehead atoms. The Hall–Kier alpha value is -2.26. The lowest BCUT2D eigenvalue weighted by Gasteiger charge is -2.24. The molecule has 1 heterocycles. The summed E-state index contributed by atoms with van der Waals surface area (Å²) in [7, 11) is 0. The van der Waals surface area contributed by atoms with Gasteiger partial charge in [0, 0.05) is 22.5 Å². The lowest BCUT2D eigenvalue weighted by Crippen LogP contribution is -2.16. The Labute approximate surface area is 141 Å². The van der Waals surface area contributed by atoms with E-state index >= 15 is 0 Å². The number of rotatable bonds is 2. The second-order valence-electron chi connectivity index (χ2n) is 5.91. The zero-order valence-corrected chi connectivity index (χ0v) is 13.7. The van der Waals surface area contributed by atoms with E-state index in [9.17, 15) is 0 Å². The number of para-hydroxylation sites is 1. The monoisotopic (exact) mass is 318 g/mol. The van der Waals surface area contributed by atoms with Gasteiger partial charge in [-0.05, 0) is 37.8 Å². The van der Waals surface area contributed by atoms with E-state index in [1.807, 2.05) is 12.1 Å². The van der Waals surface area contributed by atoms with Crippen LogP contribution in [0.25, 0.3) is 17.1 Å². The third-order valence-corrected chi connectivity index (χ3v) is 4.77. The van der Waals surface area contributed by atoms with Crippen LogP contribution in [0.2, 0.25) is 0 Å². The van der Waals surface area contributed by atoms with Crippen LogP contribution in [0.15, 0.2) is 60.7 Å². The number of fused-ring (bicyclic) bond motifs is 1. The smallest absolute Gasteiger partial charge is 0.146 e. The molecule has 0 saturated carbocycles. The Kier molecular flexibility index (Phi) is 3.80. The van der Waals surface area contributed by atoms with Gasteiger partial charge in [0.15, 0.2) is 0 Å². The molecule has 0 fully saturated rings. The van der Waals surface area contributed by atoms with E-state index in [4.69, 9.17) is 17.2 Å². The Morgan fingerprint density at radius 1 is 0.826 bits per heavy atom. The summed E-state index contributed by atoms with van der Waals surface area (Å²) in [5, 5.41) is 0. The fraction of sp³-hybridized carbons (Fsp3) is 0.200. The van der Waals surface area contributed by atoms with E-state index in [-0.39, 0.29) is 0 Å². The Morgan fingerprint density at radius 2 is 1.48 bits per heavy atom. The fourth-order valence-electron chi connectivity index (χ4n) is 3.34. The van der Waals surface area contributed by atoms with Gasteiger partial charge in [-0.3, -0.25) is 4.57 Å². The van der Waals surface area contributed by atoms with Crippen LogP contribution in [0.3, 0.4) is 0 Å². The minimum atomic E-state index is 0.769. The summed E-state index contributed by atoms with van der Waals surface area (Å²) in [4.78, 5) is 4.81. The van der Waals surface area contributed by atoms with Gasteiger partial charge in [-0.2, -0.15) is 0 Å². The van der Waals surface area contributed by atoms with Crippen LogP contribution in [0, 0.1) is 4.64 Å². The molecule has 2 nitrogen and oxygen atoms in total. The second kappa shape index (κ2) is 6.09. The molecule has 0 spiro atoms.